The highest BCUT2D eigenvalue weighted by molar-refractivity contribution is 7.47. The molecule has 1 aliphatic rings. The second-order valence-electron chi connectivity index (χ2n) is 13.9. The van der Waals surface area contributed by atoms with E-state index in [0.29, 0.717) is 12.8 Å². The van der Waals surface area contributed by atoms with E-state index in [4.69, 9.17) is 29.0 Å². The van der Waals surface area contributed by atoms with Gasteiger partial charge in [-0.1, -0.05) is 140 Å². The van der Waals surface area contributed by atoms with Crippen molar-refractivity contribution in [3.63, 3.8) is 0 Å². The summed E-state index contributed by atoms with van der Waals surface area (Å²) in [6.45, 7) is 3.62. The summed E-state index contributed by atoms with van der Waals surface area (Å²) in [5.41, 5.74) is 5.34. The van der Waals surface area contributed by atoms with Crippen LogP contribution in [0, 0.1) is 0 Å². The molecule has 0 aliphatic carbocycles. The Balaban J connectivity index is 2.24. The molecule has 0 amide bonds. The number of hydrogen-bond donors (Lipinski definition) is 2. The van der Waals surface area contributed by atoms with Crippen molar-refractivity contribution in [2.45, 2.75) is 186 Å². The molecule has 0 aromatic heterocycles. The van der Waals surface area contributed by atoms with E-state index in [-0.39, 0.29) is 44.8 Å². The largest absolute Gasteiger partial charge is 0.472 e. The molecule has 1 saturated heterocycles. The molecule has 11 heteroatoms. The third-order valence-electron chi connectivity index (χ3n) is 8.93. The van der Waals surface area contributed by atoms with Crippen molar-refractivity contribution < 1.29 is 42.3 Å². The summed E-state index contributed by atoms with van der Waals surface area (Å²) in [6, 6.07) is 0. The number of epoxide rings is 1. The van der Waals surface area contributed by atoms with E-state index in [2.05, 4.69) is 50.3 Å². The van der Waals surface area contributed by atoms with Gasteiger partial charge in [-0.2, -0.15) is 0 Å². The zero-order valence-corrected chi connectivity index (χ0v) is 33.6. The van der Waals surface area contributed by atoms with E-state index < -0.39 is 32.5 Å². The van der Waals surface area contributed by atoms with E-state index in [1.165, 1.54) is 83.5 Å². The van der Waals surface area contributed by atoms with Gasteiger partial charge in [-0.05, 0) is 51.4 Å². The zero-order chi connectivity index (χ0) is 38.0. The van der Waals surface area contributed by atoms with Crippen LogP contribution in [0.5, 0.6) is 0 Å². The van der Waals surface area contributed by atoms with Crippen LogP contribution in [0.1, 0.15) is 168 Å². The number of phosphoric ester groups is 1. The Morgan fingerprint density at radius 2 is 1.19 bits per heavy atom. The van der Waals surface area contributed by atoms with Crippen molar-refractivity contribution in [3.05, 3.63) is 36.5 Å². The van der Waals surface area contributed by atoms with Gasteiger partial charge in [0.05, 0.1) is 25.4 Å². The van der Waals surface area contributed by atoms with Gasteiger partial charge in [0.2, 0.25) is 0 Å². The highest BCUT2D eigenvalue weighted by atomic mass is 31.2. The van der Waals surface area contributed by atoms with Crippen LogP contribution in [0.3, 0.4) is 0 Å². The maximum atomic E-state index is 12.5. The quantitative estimate of drug-likeness (QED) is 0.0206. The van der Waals surface area contributed by atoms with Crippen molar-refractivity contribution in [2.24, 2.45) is 5.73 Å². The molecular weight excluding hydrogens is 681 g/mol. The number of nitrogens with two attached hydrogens (primary N) is 1. The molecule has 0 saturated carbocycles. The summed E-state index contributed by atoms with van der Waals surface area (Å²) in [5, 5.41) is 0. The number of carbonyl (C=O) groups excluding carboxylic acids is 2. The molecule has 0 aromatic rings. The molecule has 1 fully saturated rings. The van der Waals surface area contributed by atoms with Crippen LogP contribution >= 0.6 is 7.82 Å². The number of esters is 2. The summed E-state index contributed by atoms with van der Waals surface area (Å²) >= 11 is 0. The summed E-state index contributed by atoms with van der Waals surface area (Å²) in [4.78, 5) is 34.8. The highest BCUT2D eigenvalue weighted by Gasteiger charge is 2.36. The molecule has 0 bridgehead atoms. The Morgan fingerprint density at radius 3 is 1.83 bits per heavy atom. The second-order valence-corrected chi connectivity index (χ2v) is 15.3. The molecule has 52 heavy (non-hydrogen) atoms. The van der Waals surface area contributed by atoms with Crippen molar-refractivity contribution in [1.82, 2.24) is 0 Å². The average Bonchev–Trinajstić information content (AvgIpc) is 3.89. The minimum atomic E-state index is -4.39. The lowest BCUT2D eigenvalue weighted by Gasteiger charge is -2.19. The van der Waals surface area contributed by atoms with E-state index in [1.54, 1.807) is 0 Å². The Bertz CT molecular complexity index is 1020. The first kappa shape index (κ1) is 48.2. The van der Waals surface area contributed by atoms with Gasteiger partial charge in [0.1, 0.15) is 6.61 Å². The number of carbonyl (C=O) groups is 2. The fraction of sp³-hybridized carbons (Fsp3) is 0.805. The molecule has 0 spiro atoms. The first-order valence-corrected chi connectivity index (χ1v) is 22.1. The van der Waals surface area contributed by atoms with E-state index >= 15 is 0 Å². The molecule has 3 unspecified atom stereocenters. The Morgan fingerprint density at radius 1 is 0.673 bits per heavy atom. The smallest absolute Gasteiger partial charge is 0.462 e. The second kappa shape index (κ2) is 33.7. The summed E-state index contributed by atoms with van der Waals surface area (Å²) < 4.78 is 38.4. The number of phosphoric acid groups is 1. The van der Waals surface area contributed by atoms with Gasteiger partial charge in [0.25, 0.3) is 0 Å². The van der Waals surface area contributed by atoms with Crippen molar-refractivity contribution in [3.8, 4) is 0 Å². The number of ether oxygens (including phenoxy) is 3. The fourth-order valence-corrected chi connectivity index (χ4v) is 6.49. The molecule has 1 rings (SSSR count). The van der Waals surface area contributed by atoms with E-state index in [9.17, 15) is 19.0 Å². The maximum Gasteiger partial charge on any atom is 0.472 e. The standard InChI is InChI=1S/C41H74NO9P/c1-3-5-7-9-11-13-14-15-16-18-20-22-28-32-41(44)50-37(36-49-52(45,46)48-34-33-42)35-47-40(43)31-27-24-23-26-30-39-38(51-39)29-25-21-19-17-12-10-8-6-4-2/h12,17,21,23,25-26,37-39H,3-11,13-16,18-20,22,24,27-36,42H2,1-2H3,(H,45,46)/b17-12-,25-21-,26-23-/t37-,38?,39?/m1/s1. The van der Waals surface area contributed by atoms with E-state index in [0.717, 1.165) is 44.9 Å². The van der Waals surface area contributed by atoms with Crippen molar-refractivity contribution in [1.29, 1.82) is 0 Å². The first-order valence-electron chi connectivity index (χ1n) is 20.6. The lowest BCUT2D eigenvalue weighted by Crippen LogP contribution is -2.29. The van der Waals surface area contributed by atoms with Crippen LogP contribution < -0.4 is 5.73 Å². The molecule has 3 N–H and O–H groups in total. The first-order chi connectivity index (χ1) is 25.3. The Hall–Kier alpha value is -1.81. The Kier molecular flexibility index (Phi) is 31.3. The van der Waals surface area contributed by atoms with Crippen LogP contribution in [0.2, 0.25) is 0 Å². The van der Waals surface area contributed by atoms with Crippen molar-refractivity contribution >= 4 is 19.8 Å². The fourth-order valence-electron chi connectivity index (χ4n) is 5.73. The number of rotatable bonds is 37. The van der Waals surface area contributed by atoms with Gasteiger partial charge in [-0.15, -0.1) is 0 Å². The third-order valence-corrected chi connectivity index (χ3v) is 9.92. The molecule has 4 atom stereocenters. The summed E-state index contributed by atoms with van der Waals surface area (Å²) in [5.74, 6) is -0.901. The lowest BCUT2D eigenvalue weighted by molar-refractivity contribution is -0.161. The number of unbranched alkanes of at least 4 members (excludes halogenated alkanes) is 16. The number of allylic oxidation sites excluding steroid dienone is 4. The topological polar surface area (TPSA) is 147 Å². The zero-order valence-electron chi connectivity index (χ0n) is 32.7. The van der Waals surface area contributed by atoms with Crippen molar-refractivity contribution in [2.75, 3.05) is 26.4 Å². The lowest BCUT2D eigenvalue weighted by atomic mass is 10.0. The van der Waals surface area contributed by atoms with Gasteiger partial charge in [-0.25, -0.2) is 4.57 Å². The van der Waals surface area contributed by atoms with Crippen LogP contribution in [0.25, 0.3) is 0 Å². The summed E-state index contributed by atoms with van der Waals surface area (Å²) in [6.07, 6.45) is 37.7. The van der Waals surface area contributed by atoms with Crippen LogP contribution in [-0.4, -0.2) is 61.5 Å². The highest BCUT2D eigenvalue weighted by Crippen LogP contribution is 2.43. The normalized spacial score (nSPS) is 17.6. The van der Waals surface area contributed by atoms with E-state index in [1.807, 2.05) is 0 Å². The van der Waals surface area contributed by atoms with Gasteiger partial charge in [0, 0.05) is 19.4 Å². The average molecular weight is 756 g/mol. The van der Waals surface area contributed by atoms with Gasteiger partial charge in [0.15, 0.2) is 6.10 Å². The maximum absolute atomic E-state index is 12.5. The van der Waals surface area contributed by atoms with Crippen LogP contribution in [0.15, 0.2) is 36.5 Å². The molecule has 302 valence electrons. The minimum Gasteiger partial charge on any atom is -0.462 e. The van der Waals surface area contributed by atoms with Gasteiger partial charge >= 0.3 is 19.8 Å². The van der Waals surface area contributed by atoms with Crippen LogP contribution in [0.4, 0.5) is 0 Å². The Labute approximate surface area is 316 Å². The van der Waals surface area contributed by atoms with Crippen LogP contribution in [-0.2, 0) is 37.4 Å². The minimum absolute atomic E-state index is 0.0439. The monoisotopic (exact) mass is 756 g/mol. The predicted octanol–water partition coefficient (Wildman–Crippen LogP) is 10.4. The van der Waals surface area contributed by atoms with Gasteiger partial charge < -0.3 is 24.8 Å². The molecule has 0 radical (unpaired) electrons. The SMILES string of the molecule is CCCCC/C=C\C/C=C\CC1OC1C/C=C\CCCC(=O)OC[C@H](COP(=O)(O)OCCN)OC(=O)CCCCCCCCCCCCCCC. The molecule has 1 aliphatic heterocycles. The predicted molar refractivity (Wildman–Crippen MR) is 210 cm³/mol. The molecule has 1 heterocycles. The number of hydrogen-bond acceptors (Lipinski definition) is 9. The molecule has 10 nitrogen and oxygen atoms in total. The molecular formula is C41H74NO9P. The molecule has 0 aromatic carbocycles. The third kappa shape index (κ3) is 30.6. The summed E-state index contributed by atoms with van der Waals surface area (Å²) in [7, 11) is -4.39. The van der Waals surface area contributed by atoms with Gasteiger partial charge in [-0.3, -0.25) is 18.6 Å².